The number of nitrogens with zero attached hydrogens (tertiary/aromatic N) is 1. The Balaban J connectivity index is 1.13. The van der Waals surface area contributed by atoms with Crippen LogP contribution in [0.25, 0.3) is 0 Å². The van der Waals surface area contributed by atoms with Gasteiger partial charge in [-0.15, -0.1) is 0 Å². The van der Waals surface area contributed by atoms with Crippen molar-refractivity contribution in [2.45, 2.75) is 90.4 Å². The lowest BCUT2D eigenvalue weighted by Crippen LogP contribution is -2.67. The van der Waals surface area contributed by atoms with Crippen LogP contribution in [-0.4, -0.2) is 53.3 Å². The number of carbonyl (C=O) groups excluding carboxylic acids is 5. The molecule has 2 atom stereocenters. The summed E-state index contributed by atoms with van der Waals surface area (Å²) in [5.74, 6) is -1.77. The number of phosphoric acid groups is 1. The molecule has 18 nitrogen and oxygen atoms in total. The molecular formula is C68H69N4O14P. The third kappa shape index (κ3) is 20.8. The van der Waals surface area contributed by atoms with Crippen molar-refractivity contribution < 1.29 is 65.8 Å². The van der Waals surface area contributed by atoms with Gasteiger partial charge in [-0.25, -0.2) is 34.2 Å². The fourth-order valence-electron chi connectivity index (χ4n) is 8.74. The van der Waals surface area contributed by atoms with Crippen LogP contribution < -0.4 is 25.3 Å². The largest absolute Gasteiger partial charge is 0.530 e. The SMILES string of the molecule is CC(Cc1ccc(OP(=O)(OCc2ccccc2)OCc2ccccc2)c(OCc2ccccc2)c1)(C(=O)N[C@@H](CCCCNC(=O)OCc1ccccc1)C(=O)OCc1ccccc1)N(NC(=O)OCc1ccccc1)C(=O)OCc1ccccc1. The van der Waals surface area contributed by atoms with Gasteiger partial charge in [0, 0.05) is 13.0 Å². The van der Waals surface area contributed by atoms with E-state index in [1.165, 1.54) is 19.1 Å². The lowest BCUT2D eigenvalue weighted by Gasteiger charge is -2.39. The number of phosphoric ester groups is 1. The number of unbranched alkanes of at least 4 members (excludes halogenated alkanes) is 1. The molecule has 0 fully saturated rings. The van der Waals surface area contributed by atoms with E-state index in [1.54, 1.807) is 115 Å². The number of hydrazine groups is 1. The lowest BCUT2D eigenvalue weighted by molar-refractivity contribution is -0.151. The molecule has 8 aromatic carbocycles. The summed E-state index contributed by atoms with van der Waals surface area (Å²) in [4.78, 5) is 71.6. The number of hydrogen-bond acceptors (Lipinski definition) is 14. The van der Waals surface area contributed by atoms with Gasteiger partial charge in [0.05, 0.1) is 13.2 Å². The Kier molecular flexibility index (Phi) is 24.1. The minimum atomic E-state index is -4.50. The number of carbonyl (C=O) groups is 5. The van der Waals surface area contributed by atoms with Crippen LogP contribution in [0.4, 0.5) is 14.4 Å². The Hall–Kier alpha value is -9.74. The zero-order chi connectivity index (χ0) is 60.9. The molecule has 0 radical (unpaired) electrons. The highest BCUT2D eigenvalue weighted by molar-refractivity contribution is 7.48. The van der Waals surface area contributed by atoms with Crippen molar-refractivity contribution in [1.82, 2.24) is 21.1 Å². The average molecular weight is 1200 g/mol. The normalized spacial score (nSPS) is 12.0. The van der Waals surface area contributed by atoms with Crippen LogP contribution in [0.2, 0.25) is 0 Å². The van der Waals surface area contributed by atoms with Crippen molar-refractivity contribution in [2.24, 2.45) is 0 Å². The average Bonchev–Trinajstić information content (AvgIpc) is 1.86. The summed E-state index contributed by atoms with van der Waals surface area (Å²) in [6.07, 6.45) is -2.71. The minimum Gasteiger partial charge on any atom is -0.485 e. The second kappa shape index (κ2) is 33.1. The predicted molar refractivity (Wildman–Crippen MR) is 325 cm³/mol. The molecule has 0 saturated heterocycles. The predicted octanol–water partition coefficient (Wildman–Crippen LogP) is 13.3. The number of benzene rings is 8. The van der Waals surface area contributed by atoms with Gasteiger partial charge in [0.15, 0.2) is 11.5 Å². The van der Waals surface area contributed by atoms with Crippen molar-refractivity contribution in [3.05, 3.63) is 275 Å². The van der Waals surface area contributed by atoms with Gasteiger partial charge >= 0.3 is 32.1 Å². The summed E-state index contributed by atoms with van der Waals surface area (Å²) in [6, 6.07) is 66.4. The van der Waals surface area contributed by atoms with E-state index in [0.717, 1.165) is 16.1 Å². The van der Waals surface area contributed by atoms with E-state index < -0.39 is 56.0 Å². The molecule has 450 valence electrons. The van der Waals surface area contributed by atoms with E-state index in [1.807, 2.05) is 103 Å². The highest BCUT2D eigenvalue weighted by Gasteiger charge is 2.47. The van der Waals surface area contributed by atoms with Crippen molar-refractivity contribution >= 4 is 38.0 Å². The van der Waals surface area contributed by atoms with Gasteiger partial charge < -0.3 is 38.8 Å². The maximum absolute atomic E-state index is 15.7. The number of rotatable bonds is 30. The van der Waals surface area contributed by atoms with Gasteiger partial charge in [0.2, 0.25) is 5.91 Å². The van der Waals surface area contributed by atoms with Crippen molar-refractivity contribution in [3.8, 4) is 11.5 Å². The Bertz CT molecular complexity index is 3420. The topological polar surface area (TPSA) is 216 Å². The quantitative estimate of drug-likeness (QED) is 0.0126. The van der Waals surface area contributed by atoms with Crippen molar-refractivity contribution in [1.29, 1.82) is 0 Å². The van der Waals surface area contributed by atoms with Crippen LogP contribution in [0.15, 0.2) is 231 Å². The fraction of sp³-hybridized carbons (Fsp3) is 0.221. The Morgan fingerprint density at radius 2 is 0.874 bits per heavy atom. The van der Waals surface area contributed by atoms with E-state index >= 15 is 4.79 Å². The highest BCUT2D eigenvalue weighted by Crippen LogP contribution is 2.53. The molecule has 0 aliphatic carbocycles. The van der Waals surface area contributed by atoms with E-state index in [-0.39, 0.29) is 77.1 Å². The Morgan fingerprint density at radius 3 is 1.34 bits per heavy atom. The van der Waals surface area contributed by atoms with E-state index in [2.05, 4.69) is 16.1 Å². The second-order valence-electron chi connectivity index (χ2n) is 20.2. The Morgan fingerprint density at radius 1 is 0.460 bits per heavy atom. The van der Waals surface area contributed by atoms with Crippen molar-refractivity contribution in [3.63, 3.8) is 0 Å². The summed E-state index contributed by atoms with van der Waals surface area (Å²) < 4.78 is 62.4. The van der Waals surface area contributed by atoms with Gasteiger partial charge in [-0.3, -0.25) is 13.8 Å². The van der Waals surface area contributed by atoms with Gasteiger partial charge in [-0.05, 0) is 82.8 Å². The summed E-state index contributed by atoms with van der Waals surface area (Å²) >= 11 is 0. The van der Waals surface area contributed by atoms with E-state index in [9.17, 15) is 23.7 Å². The first kappa shape index (κ1) is 63.3. The van der Waals surface area contributed by atoms with Gasteiger partial charge in [-0.1, -0.05) is 218 Å². The van der Waals surface area contributed by atoms with Crippen LogP contribution >= 0.6 is 7.82 Å². The molecule has 0 saturated carbocycles. The van der Waals surface area contributed by atoms with Crippen LogP contribution in [0.1, 0.15) is 70.7 Å². The number of ether oxygens (including phenoxy) is 5. The number of amides is 4. The number of hydrogen-bond donors (Lipinski definition) is 3. The zero-order valence-corrected chi connectivity index (χ0v) is 49.0. The monoisotopic (exact) mass is 1200 g/mol. The molecular weight excluding hydrogens is 1130 g/mol. The van der Waals surface area contributed by atoms with Crippen LogP contribution in [0, 0.1) is 0 Å². The van der Waals surface area contributed by atoms with Crippen molar-refractivity contribution in [2.75, 3.05) is 6.54 Å². The minimum absolute atomic E-state index is 0.00341. The molecule has 0 aromatic heterocycles. The summed E-state index contributed by atoms with van der Waals surface area (Å²) in [5.41, 5.74) is 5.48. The van der Waals surface area contributed by atoms with Crippen LogP contribution in [0.3, 0.4) is 0 Å². The molecule has 0 bridgehead atoms. The van der Waals surface area contributed by atoms with E-state index in [4.69, 9.17) is 37.3 Å². The van der Waals surface area contributed by atoms with Gasteiger partial charge in [0.1, 0.15) is 44.6 Å². The second-order valence-corrected chi connectivity index (χ2v) is 21.8. The third-order valence-electron chi connectivity index (χ3n) is 13.5. The highest BCUT2D eigenvalue weighted by atomic mass is 31.2. The summed E-state index contributed by atoms with van der Waals surface area (Å²) in [7, 11) is -4.50. The first-order valence-electron chi connectivity index (χ1n) is 28.3. The molecule has 0 spiro atoms. The molecule has 4 amide bonds. The molecule has 0 aliphatic heterocycles. The van der Waals surface area contributed by atoms with Crippen LogP contribution in [-0.2, 0) is 94.8 Å². The molecule has 8 aromatic rings. The smallest absolute Gasteiger partial charge is 0.485 e. The Labute approximate surface area is 506 Å². The standard InChI is InChI=1S/C68H69N4O14P/c1-68(72(67(77)83-49-56-33-17-6-18-34-56)71-66(76)82-48-55-31-15-5-16-32-55,64(74)70-60(63(73)80-46-53-27-11-3-12-28-53)39-23-24-42-69-65(75)81-47-54-29-13-4-14-30-54)44-59-40-41-61(62(43-59)79-45-52-25-9-2-10-26-52)86-87(78,84-50-57-35-19-7-20-36-57)85-51-58-37-21-8-22-38-58/h2-22,25-38,40-41,43,60H,23-24,39,42,44-51H2,1H3,(H,69,75)(H,70,74)(H,71,76)/t60-,68?/m0/s1. The lowest BCUT2D eigenvalue weighted by atomic mass is 9.90. The maximum atomic E-state index is 15.7. The van der Waals surface area contributed by atoms with Gasteiger partial charge in [0.25, 0.3) is 0 Å². The van der Waals surface area contributed by atoms with Gasteiger partial charge in [-0.2, -0.15) is 0 Å². The molecule has 0 heterocycles. The first-order chi connectivity index (χ1) is 42.4. The first-order valence-corrected chi connectivity index (χ1v) is 29.8. The number of esters is 1. The molecule has 3 N–H and O–H groups in total. The zero-order valence-electron chi connectivity index (χ0n) is 48.1. The van der Waals surface area contributed by atoms with E-state index in [0.29, 0.717) is 39.8 Å². The summed E-state index contributed by atoms with van der Waals surface area (Å²) in [6.45, 7) is 0.707. The molecule has 0 aliphatic rings. The maximum Gasteiger partial charge on any atom is 0.530 e. The number of alkyl carbamates (subject to hydrolysis) is 1. The fourth-order valence-corrected chi connectivity index (χ4v) is 9.93. The molecule has 8 rings (SSSR count). The third-order valence-corrected chi connectivity index (χ3v) is 14.8. The number of nitrogens with one attached hydrogen (secondary N) is 3. The molecule has 1 unspecified atom stereocenters. The molecule has 19 heteroatoms. The van der Waals surface area contributed by atoms with Crippen LogP contribution in [0.5, 0.6) is 11.5 Å². The summed E-state index contributed by atoms with van der Waals surface area (Å²) in [5, 5.41) is 6.31. The molecule has 87 heavy (non-hydrogen) atoms.